The van der Waals surface area contributed by atoms with Crippen LogP contribution in [0.1, 0.15) is 49.3 Å². The van der Waals surface area contributed by atoms with Gasteiger partial charge >= 0.3 is 0 Å². The second-order valence-corrected chi connectivity index (χ2v) is 7.04. The summed E-state index contributed by atoms with van der Waals surface area (Å²) in [5.41, 5.74) is 1.91. The lowest BCUT2D eigenvalue weighted by molar-refractivity contribution is -0.130. The van der Waals surface area contributed by atoms with Crippen LogP contribution in [0, 0.1) is 12.8 Å². The summed E-state index contributed by atoms with van der Waals surface area (Å²) in [5, 5.41) is 3.03. The van der Waals surface area contributed by atoms with Gasteiger partial charge in [-0.3, -0.25) is 14.0 Å². The fourth-order valence-corrected chi connectivity index (χ4v) is 3.71. The molecule has 8 heteroatoms. The Morgan fingerprint density at radius 2 is 2.04 bits per heavy atom. The van der Waals surface area contributed by atoms with E-state index in [1.165, 1.54) is 0 Å². The molecule has 28 heavy (non-hydrogen) atoms. The third kappa shape index (κ3) is 4.76. The number of nitrogens with zero attached hydrogens (tertiary/aromatic N) is 3. The minimum absolute atomic E-state index is 0. The van der Waals surface area contributed by atoms with Crippen molar-refractivity contribution in [2.24, 2.45) is 5.92 Å². The number of carbonyl (C=O) groups is 2. The number of imidazole rings is 1. The molecular weight excluding hydrogens is 380 g/mol. The van der Waals surface area contributed by atoms with Crippen LogP contribution in [0.5, 0.6) is 5.75 Å². The van der Waals surface area contributed by atoms with E-state index in [9.17, 15) is 9.59 Å². The second-order valence-electron chi connectivity index (χ2n) is 7.04. The van der Waals surface area contributed by atoms with E-state index in [1.807, 2.05) is 37.1 Å². The van der Waals surface area contributed by atoms with Gasteiger partial charge in [0, 0.05) is 32.8 Å². The highest BCUT2D eigenvalue weighted by atomic mass is 35.5. The fraction of sp³-hybridized carbons (Fsp3) is 0.550. The molecule has 2 amide bonds. The molecule has 0 radical (unpaired) electrons. The zero-order valence-electron chi connectivity index (χ0n) is 16.7. The number of halogens is 1. The Labute approximate surface area is 171 Å². The third-order valence-corrected chi connectivity index (χ3v) is 5.20. The van der Waals surface area contributed by atoms with Crippen LogP contribution in [-0.2, 0) is 4.79 Å². The maximum atomic E-state index is 12.7. The average Bonchev–Trinajstić information content (AvgIpc) is 2.99. The van der Waals surface area contributed by atoms with Gasteiger partial charge in [0.25, 0.3) is 5.91 Å². The highest BCUT2D eigenvalue weighted by Crippen LogP contribution is 2.23. The van der Waals surface area contributed by atoms with Crippen molar-refractivity contribution in [2.45, 2.75) is 40.0 Å². The number of aromatic nitrogens is 2. The molecule has 0 saturated carbocycles. The molecule has 154 valence electrons. The molecule has 2 aromatic rings. The molecule has 7 nitrogen and oxygen atoms in total. The van der Waals surface area contributed by atoms with Crippen LogP contribution in [0.25, 0.3) is 5.65 Å². The molecule has 1 saturated heterocycles. The van der Waals surface area contributed by atoms with E-state index < -0.39 is 0 Å². The quantitative estimate of drug-likeness (QED) is 0.797. The molecule has 3 heterocycles. The summed E-state index contributed by atoms with van der Waals surface area (Å²) in [6.45, 7) is 8.21. The van der Waals surface area contributed by atoms with Gasteiger partial charge in [-0.15, -0.1) is 12.4 Å². The van der Waals surface area contributed by atoms with E-state index in [-0.39, 0.29) is 24.2 Å². The number of nitrogens with one attached hydrogen (secondary N) is 1. The lowest BCUT2D eigenvalue weighted by atomic mass is 9.93. The first kappa shape index (κ1) is 22.0. The minimum atomic E-state index is -0.116. The Hall–Kier alpha value is -2.28. The van der Waals surface area contributed by atoms with Crippen molar-refractivity contribution in [2.75, 3.05) is 26.2 Å². The van der Waals surface area contributed by atoms with Crippen molar-refractivity contribution >= 4 is 29.9 Å². The molecule has 0 aliphatic carbocycles. The van der Waals surface area contributed by atoms with Gasteiger partial charge in [-0.05, 0) is 51.2 Å². The maximum Gasteiger partial charge on any atom is 0.270 e. The number of amides is 2. The van der Waals surface area contributed by atoms with Gasteiger partial charge in [0.15, 0.2) is 11.4 Å². The first-order valence-electron chi connectivity index (χ1n) is 9.65. The summed E-state index contributed by atoms with van der Waals surface area (Å²) < 4.78 is 7.40. The van der Waals surface area contributed by atoms with Gasteiger partial charge in [0.1, 0.15) is 5.69 Å². The molecule has 1 aliphatic heterocycles. The number of ether oxygens (including phenoxy) is 1. The van der Waals surface area contributed by atoms with E-state index in [2.05, 4.69) is 10.3 Å². The van der Waals surface area contributed by atoms with E-state index >= 15 is 0 Å². The molecule has 0 unspecified atom stereocenters. The first-order valence-corrected chi connectivity index (χ1v) is 9.65. The van der Waals surface area contributed by atoms with Crippen LogP contribution in [0.15, 0.2) is 18.3 Å². The number of hydrogen-bond donors (Lipinski definition) is 1. The van der Waals surface area contributed by atoms with Gasteiger partial charge in [0.2, 0.25) is 5.91 Å². The van der Waals surface area contributed by atoms with E-state index in [1.54, 1.807) is 11.3 Å². The lowest BCUT2D eigenvalue weighted by Gasteiger charge is -2.31. The number of hydrogen-bond acceptors (Lipinski definition) is 4. The van der Waals surface area contributed by atoms with Gasteiger partial charge < -0.3 is 15.0 Å². The number of rotatable bonds is 6. The Bertz CT molecular complexity index is 828. The molecule has 0 aromatic carbocycles. The molecule has 2 aromatic heterocycles. The Kier molecular flexibility index (Phi) is 7.69. The number of aryl methyl sites for hydroxylation is 1. The van der Waals surface area contributed by atoms with E-state index in [4.69, 9.17) is 4.74 Å². The summed E-state index contributed by atoms with van der Waals surface area (Å²) >= 11 is 0. The monoisotopic (exact) mass is 408 g/mol. The predicted octanol–water partition coefficient (Wildman–Crippen LogP) is 2.84. The summed E-state index contributed by atoms with van der Waals surface area (Å²) in [5.74, 6) is 1.26. The first-order chi connectivity index (χ1) is 13.0. The van der Waals surface area contributed by atoms with Crippen molar-refractivity contribution < 1.29 is 14.3 Å². The summed E-state index contributed by atoms with van der Waals surface area (Å²) in [4.78, 5) is 30.5. The van der Waals surface area contributed by atoms with Gasteiger partial charge in [-0.25, -0.2) is 4.98 Å². The van der Waals surface area contributed by atoms with Crippen LogP contribution in [0.4, 0.5) is 0 Å². The SMILES string of the molecule is CCOc1cccn2c(C(=O)NCCC3CCN(C(C)=O)CC3)c(C)nc12.Cl. The van der Waals surface area contributed by atoms with Crippen LogP contribution >= 0.6 is 12.4 Å². The van der Waals surface area contributed by atoms with Gasteiger partial charge in [0.05, 0.1) is 12.3 Å². The minimum Gasteiger partial charge on any atom is -0.490 e. The van der Waals surface area contributed by atoms with E-state index in [0.717, 1.165) is 32.4 Å². The molecule has 1 aliphatic rings. The molecule has 3 rings (SSSR count). The van der Waals surface area contributed by atoms with Crippen molar-refractivity contribution in [1.82, 2.24) is 19.6 Å². The molecule has 0 spiro atoms. The second kappa shape index (κ2) is 9.78. The van der Waals surface area contributed by atoms with Crippen molar-refractivity contribution in [1.29, 1.82) is 0 Å². The molecule has 0 atom stereocenters. The molecule has 1 fully saturated rings. The normalized spacial score (nSPS) is 14.6. The number of pyridine rings is 1. The molecular formula is C20H29ClN4O3. The zero-order chi connectivity index (χ0) is 19.4. The Balaban J connectivity index is 0.00000280. The average molecular weight is 409 g/mol. The zero-order valence-corrected chi connectivity index (χ0v) is 17.6. The topological polar surface area (TPSA) is 75.9 Å². The predicted molar refractivity (Wildman–Crippen MR) is 110 cm³/mol. The van der Waals surface area contributed by atoms with Crippen LogP contribution in [0.2, 0.25) is 0 Å². The number of piperidine rings is 1. The third-order valence-electron chi connectivity index (χ3n) is 5.20. The summed E-state index contributed by atoms with van der Waals surface area (Å²) in [6.07, 6.45) is 4.77. The standard InChI is InChI=1S/C20H28N4O3.ClH/c1-4-27-17-6-5-11-24-18(14(2)22-19(17)24)20(26)21-10-7-16-8-12-23(13-9-16)15(3)25;/h5-6,11,16H,4,7-10,12-13H2,1-3H3,(H,21,26);1H. The van der Waals surface area contributed by atoms with Crippen LogP contribution in [0.3, 0.4) is 0 Å². The smallest absolute Gasteiger partial charge is 0.270 e. The molecule has 1 N–H and O–H groups in total. The van der Waals surface area contributed by atoms with Crippen molar-refractivity contribution in [3.8, 4) is 5.75 Å². The summed E-state index contributed by atoms with van der Waals surface area (Å²) in [6, 6.07) is 3.72. The highest BCUT2D eigenvalue weighted by Gasteiger charge is 2.22. The Morgan fingerprint density at radius 3 is 2.68 bits per heavy atom. The number of fused-ring (bicyclic) bond motifs is 1. The van der Waals surface area contributed by atoms with Crippen LogP contribution < -0.4 is 10.1 Å². The lowest BCUT2D eigenvalue weighted by Crippen LogP contribution is -2.38. The van der Waals surface area contributed by atoms with Gasteiger partial charge in [-0.2, -0.15) is 0 Å². The Morgan fingerprint density at radius 1 is 1.32 bits per heavy atom. The van der Waals surface area contributed by atoms with Crippen molar-refractivity contribution in [3.05, 3.63) is 29.7 Å². The van der Waals surface area contributed by atoms with Gasteiger partial charge in [-0.1, -0.05) is 0 Å². The number of likely N-dealkylation sites (tertiary alicyclic amines) is 1. The summed E-state index contributed by atoms with van der Waals surface area (Å²) in [7, 11) is 0. The fourth-order valence-electron chi connectivity index (χ4n) is 3.71. The highest BCUT2D eigenvalue weighted by molar-refractivity contribution is 5.95. The van der Waals surface area contributed by atoms with Crippen molar-refractivity contribution in [3.63, 3.8) is 0 Å². The van der Waals surface area contributed by atoms with E-state index in [0.29, 0.717) is 41.9 Å². The maximum absolute atomic E-state index is 12.7. The largest absolute Gasteiger partial charge is 0.490 e. The molecule has 0 bridgehead atoms. The van der Waals surface area contributed by atoms with Crippen LogP contribution in [-0.4, -0.2) is 52.3 Å². The number of carbonyl (C=O) groups excluding carboxylic acids is 2.